The van der Waals surface area contributed by atoms with E-state index in [9.17, 15) is 14.4 Å². The Balaban J connectivity index is 1.80. The number of amides is 1. The van der Waals surface area contributed by atoms with E-state index in [0.29, 0.717) is 55.7 Å². The highest BCUT2D eigenvalue weighted by Crippen LogP contribution is 2.28. The van der Waals surface area contributed by atoms with Crippen molar-refractivity contribution in [2.75, 3.05) is 58.5 Å². The van der Waals surface area contributed by atoms with Crippen LogP contribution in [0, 0.1) is 0 Å². The maximum Gasteiger partial charge on any atom is 0.338 e. The van der Waals surface area contributed by atoms with Gasteiger partial charge in [0.2, 0.25) is 0 Å². The van der Waals surface area contributed by atoms with Crippen LogP contribution in [0.5, 0.6) is 11.5 Å². The number of hydrogen-bond acceptors (Lipinski definition) is 8. The fourth-order valence-corrected chi connectivity index (χ4v) is 3.49. The fraction of sp³-hybridized carbons (Fsp3) is 0.400. The van der Waals surface area contributed by atoms with Crippen LogP contribution < -0.4 is 14.8 Å². The van der Waals surface area contributed by atoms with Gasteiger partial charge in [-0.2, -0.15) is 0 Å². The van der Waals surface area contributed by atoms with E-state index in [-0.39, 0.29) is 16.9 Å². The zero-order valence-electron chi connectivity index (χ0n) is 19.7. The Morgan fingerprint density at radius 3 is 2.41 bits per heavy atom. The lowest BCUT2D eigenvalue weighted by Gasteiger charge is -2.26. The molecular formula is C25H30N2O7. The molecule has 9 heteroatoms. The summed E-state index contributed by atoms with van der Waals surface area (Å²) in [7, 11) is 1.27. The summed E-state index contributed by atoms with van der Waals surface area (Å²) in [6, 6.07) is 9.39. The summed E-state index contributed by atoms with van der Waals surface area (Å²) >= 11 is 0. The molecule has 1 amide bonds. The predicted molar refractivity (Wildman–Crippen MR) is 126 cm³/mol. The van der Waals surface area contributed by atoms with Gasteiger partial charge in [-0.05, 0) is 50.2 Å². The molecule has 0 atom stereocenters. The molecule has 2 aromatic carbocycles. The molecule has 0 radical (unpaired) electrons. The molecule has 1 aliphatic rings. The van der Waals surface area contributed by atoms with Gasteiger partial charge in [0.25, 0.3) is 5.91 Å². The third-order valence-electron chi connectivity index (χ3n) is 5.30. The Hall–Kier alpha value is -3.43. The van der Waals surface area contributed by atoms with Gasteiger partial charge in [0, 0.05) is 30.8 Å². The Bertz CT molecular complexity index is 1030. The second-order valence-corrected chi connectivity index (χ2v) is 7.69. The van der Waals surface area contributed by atoms with Gasteiger partial charge >= 0.3 is 5.97 Å². The molecule has 34 heavy (non-hydrogen) atoms. The van der Waals surface area contributed by atoms with Gasteiger partial charge in [0.15, 0.2) is 5.78 Å². The summed E-state index contributed by atoms with van der Waals surface area (Å²) < 4.78 is 21.6. The van der Waals surface area contributed by atoms with Crippen LogP contribution >= 0.6 is 0 Å². The Kier molecular flexibility index (Phi) is 9.00. The number of carbonyl (C=O) groups excluding carboxylic acids is 3. The lowest BCUT2D eigenvalue weighted by molar-refractivity contribution is 0.0322. The van der Waals surface area contributed by atoms with E-state index in [1.165, 1.54) is 20.1 Å². The molecule has 182 valence electrons. The second kappa shape index (κ2) is 12.2. The highest BCUT2D eigenvalue weighted by Gasteiger charge is 2.17. The normalized spacial score (nSPS) is 13.7. The van der Waals surface area contributed by atoms with E-state index >= 15 is 0 Å². The minimum absolute atomic E-state index is 0.137. The molecule has 0 spiro atoms. The fourth-order valence-electron chi connectivity index (χ4n) is 3.49. The van der Waals surface area contributed by atoms with Crippen LogP contribution in [-0.4, -0.2) is 75.7 Å². The molecule has 1 N–H and O–H groups in total. The van der Waals surface area contributed by atoms with Crippen molar-refractivity contribution in [1.29, 1.82) is 0 Å². The number of Topliss-reactive ketones (excluding diaryl/α,β-unsaturated/α-hetero) is 1. The van der Waals surface area contributed by atoms with E-state index in [1.807, 2.05) is 6.92 Å². The number of ether oxygens (including phenoxy) is 4. The lowest BCUT2D eigenvalue weighted by atomic mass is 10.1. The molecule has 0 unspecified atom stereocenters. The second-order valence-electron chi connectivity index (χ2n) is 7.69. The number of benzene rings is 2. The van der Waals surface area contributed by atoms with Crippen LogP contribution in [0.2, 0.25) is 0 Å². The van der Waals surface area contributed by atoms with Gasteiger partial charge in [-0.1, -0.05) is 0 Å². The molecule has 2 aromatic rings. The number of rotatable bonds is 10. The maximum atomic E-state index is 13.1. The van der Waals surface area contributed by atoms with Crippen molar-refractivity contribution >= 4 is 23.3 Å². The molecule has 1 heterocycles. The number of ketones is 1. The van der Waals surface area contributed by atoms with Gasteiger partial charge in [0.1, 0.15) is 18.1 Å². The van der Waals surface area contributed by atoms with Crippen molar-refractivity contribution in [2.45, 2.75) is 13.8 Å². The maximum absolute atomic E-state index is 13.1. The first kappa shape index (κ1) is 25.2. The van der Waals surface area contributed by atoms with Gasteiger partial charge in [-0.15, -0.1) is 0 Å². The first-order chi connectivity index (χ1) is 16.4. The third kappa shape index (κ3) is 6.79. The molecular weight excluding hydrogens is 440 g/mol. The van der Waals surface area contributed by atoms with Crippen molar-refractivity contribution in [1.82, 2.24) is 4.90 Å². The summed E-state index contributed by atoms with van der Waals surface area (Å²) in [6.07, 6.45) is 0. The Labute approximate surface area is 198 Å². The summed E-state index contributed by atoms with van der Waals surface area (Å²) in [5, 5.41) is 2.78. The zero-order chi connectivity index (χ0) is 24.5. The number of nitrogens with one attached hydrogen (secondary N) is 1. The van der Waals surface area contributed by atoms with E-state index < -0.39 is 11.9 Å². The molecule has 1 saturated heterocycles. The lowest BCUT2D eigenvalue weighted by Crippen LogP contribution is -2.38. The number of anilines is 1. The van der Waals surface area contributed by atoms with Crippen LogP contribution in [0.1, 0.15) is 44.9 Å². The number of nitrogens with zero attached hydrogens (tertiary/aromatic N) is 1. The molecule has 1 fully saturated rings. The monoisotopic (exact) mass is 470 g/mol. The van der Waals surface area contributed by atoms with Gasteiger partial charge < -0.3 is 24.3 Å². The van der Waals surface area contributed by atoms with E-state index in [0.717, 1.165) is 13.1 Å². The summed E-state index contributed by atoms with van der Waals surface area (Å²) in [4.78, 5) is 39.3. The molecule has 0 saturated carbocycles. The summed E-state index contributed by atoms with van der Waals surface area (Å²) in [5.41, 5.74) is 1.20. The van der Waals surface area contributed by atoms with Gasteiger partial charge in [-0.25, -0.2) is 4.79 Å². The van der Waals surface area contributed by atoms with Crippen LogP contribution in [0.25, 0.3) is 0 Å². The minimum Gasteiger partial charge on any atom is -0.492 e. The average molecular weight is 471 g/mol. The smallest absolute Gasteiger partial charge is 0.338 e. The number of methoxy groups -OCH3 is 1. The largest absolute Gasteiger partial charge is 0.492 e. The van der Waals surface area contributed by atoms with Crippen molar-refractivity contribution in [3.63, 3.8) is 0 Å². The number of esters is 1. The standard InChI is InChI=1S/C25H30N2O7/c1-4-33-23-6-5-18(17(2)28)16-22(23)26-24(29)19-13-20(25(30)31-3)15-21(14-19)34-12-9-27-7-10-32-11-8-27/h5-6,13-16H,4,7-12H2,1-3H3,(H,26,29). The minimum atomic E-state index is -0.582. The summed E-state index contributed by atoms with van der Waals surface area (Å²) in [5.74, 6) is -0.385. The molecule has 0 bridgehead atoms. The summed E-state index contributed by atoms with van der Waals surface area (Å²) in [6.45, 7) is 7.80. The van der Waals surface area contributed by atoms with Crippen molar-refractivity contribution in [3.8, 4) is 11.5 Å². The van der Waals surface area contributed by atoms with Crippen molar-refractivity contribution < 1.29 is 33.3 Å². The molecule has 9 nitrogen and oxygen atoms in total. The first-order valence-electron chi connectivity index (χ1n) is 11.2. The van der Waals surface area contributed by atoms with Crippen LogP contribution in [0.4, 0.5) is 5.69 Å². The van der Waals surface area contributed by atoms with Crippen LogP contribution in [0.15, 0.2) is 36.4 Å². The number of carbonyl (C=O) groups is 3. The van der Waals surface area contributed by atoms with Crippen molar-refractivity contribution in [2.24, 2.45) is 0 Å². The topological polar surface area (TPSA) is 103 Å². The van der Waals surface area contributed by atoms with Gasteiger partial charge in [0.05, 0.1) is 38.2 Å². The van der Waals surface area contributed by atoms with Crippen molar-refractivity contribution in [3.05, 3.63) is 53.1 Å². The zero-order valence-corrected chi connectivity index (χ0v) is 19.7. The number of hydrogen-bond donors (Lipinski definition) is 1. The van der Waals surface area contributed by atoms with Crippen LogP contribution in [-0.2, 0) is 9.47 Å². The number of morpholine rings is 1. The predicted octanol–water partition coefficient (Wildman–Crippen LogP) is 3.04. The molecule has 0 aliphatic carbocycles. The third-order valence-corrected chi connectivity index (χ3v) is 5.30. The molecule has 0 aromatic heterocycles. The van der Waals surface area contributed by atoms with E-state index in [1.54, 1.807) is 30.3 Å². The Morgan fingerprint density at radius 2 is 1.74 bits per heavy atom. The SMILES string of the molecule is CCOc1ccc(C(C)=O)cc1NC(=O)c1cc(OCCN2CCOCC2)cc(C(=O)OC)c1. The van der Waals surface area contributed by atoms with Gasteiger partial charge in [-0.3, -0.25) is 14.5 Å². The quantitative estimate of drug-likeness (QED) is 0.418. The van der Waals surface area contributed by atoms with Crippen LogP contribution in [0.3, 0.4) is 0 Å². The highest BCUT2D eigenvalue weighted by molar-refractivity contribution is 6.07. The highest BCUT2D eigenvalue weighted by atomic mass is 16.5. The average Bonchev–Trinajstić information content (AvgIpc) is 2.85. The Morgan fingerprint density at radius 1 is 1.00 bits per heavy atom. The molecule has 1 aliphatic heterocycles. The first-order valence-corrected chi connectivity index (χ1v) is 11.2. The van der Waals surface area contributed by atoms with E-state index in [2.05, 4.69) is 10.2 Å². The van der Waals surface area contributed by atoms with E-state index in [4.69, 9.17) is 18.9 Å². The molecule has 3 rings (SSSR count).